The van der Waals surface area contributed by atoms with E-state index in [1.807, 2.05) is 24.3 Å². The van der Waals surface area contributed by atoms with E-state index in [-0.39, 0.29) is 16.9 Å². The topological polar surface area (TPSA) is 89.8 Å². The monoisotopic (exact) mass is 299 g/mol. The lowest BCUT2D eigenvalue weighted by molar-refractivity contribution is 0.414. The third-order valence-corrected chi connectivity index (χ3v) is 3.33. The first-order chi connectivity index (χ1) is 10.6. The van der Waals surface area contributed by atoms with Crippen molar-refractivity contribution in [1.29, 1.82) is 5.41 Å². The van der Waals surface area contributed by atoms with E-state index in [0.29, 0.717) is 12.2 Å². The molecule has 0 aliphatic carbocycles. The number of benzene rings is 1. The lowest BCUT2D eigenvalue weighted by Crippen LogP contribution is -2.13. The Hall–Kier alpha value is -2.96. The molecule has 0 unspecified atom stereocenters. The summed E-state index contributed by atoms with van der Waals surface area (Å²) in [5.41, 5.74) is 6.91. The molecule has 7 heteroatoms. The molecular weight excluding hydrogens is 285 g/mol. The summed E-state index contributed by atoms with van der Waals surface area (Å²) in [6.45, 7) is 0.393. The average Bonchev–Trinajstić information content (AvgIpc) is 2.89. The molecule has 0 atom stereocenters. The van der Waals surface area contributed by atoms with Crippen molar-refractivity contribution in [2.45, 2.75) is 6.54 Å². The second kappa shape index (κ2) is 5.44. The highest BCUT2D eigenvalue weighted by Gasteiger charge is 2.17. The zero-order chi connectivity index (χ0) is 15.7. The zero-order valence-electron chi connectivity index (χ0n) is 11.9. The number of amidine groups is 1. The highest BCUT2D eigenvalue weighted by atomic mass is 19.1. The molecule has 0 amide bonds. The molecule has 0 saturated heterocycles. The van der Waals surface area contributed by atoms with Crippen molar-refractivity contribution >= 4 is 16.9 Å². The number of halogens is 1. The number of hydrogen-bond donors (Lipinski definition) is 2. The number of methoxy groups -OCH3 is 1. The first-order valence-electron chi connectivity index (χ1n) is 6.58. The van der Waals surface area contributed by atoms with Gasteiger partial charge in [0.25, 0.3) is 0 Å². The summed E-state index contributed by atoms with van der Waals surface area (Å²) in [7, 11) is 1.60. The smallest absolute Gasteiger partial charge is 0.161 e. The minimum absolute atomic E-state index is 0.106. The average molecular weight is 299 g/mol. The number of nitrogen functional groups attached to an aromatic ring is 1. The van der Waals surface area contributed by atoms with Crippen molar-refractivity contribution in [1.82, 2.24) is 14.8 Å². The maximum Gasteiger partial charge on any atom is 0.161 e. The van der Waals surface area contributed by atoms with Gasteiger partial charge in [0.2, 0.25) is 0 Å². The summed E-state index contributed by atoms with van der Waals surface area (Å²) < 4.78 is 20.6. The molecule has 6 nitrogen and oxygen atoms in total. The van der Waals surface area contributed by atoms with Crippen LogP contribution in [0.1, 0.15) is 11.3 Å². The van der Waals surface area contributed by atoms with Crippen LogP contribution in [0.5, 0.6) is 5.75 Å². The van der Waals surface area contributed by atoms with Crippen LogP contribution in [-0.2, 0) is 6.54 Å². The van der Waals surface area contributed by atoms with E-state index < -0.39 is 5.82 Å². The molecule has 2 heterocycles. The lowest BCUT2D eigenvalue weighted by Gasteiger charge is -2.04. The second-order valence-electron chi connectivity index (χ2n) is 4.76. The van der Waals surface area contributed by atoms with Gasteiger partial charge in [-0.15, -0.1) is 0 Å². The van der Waals surface area contributed by atoms with Gasteiger partial charge in [0, 0.05) is 6.20 Å². The highest BCUT2D eigenvalue weighted by molar-refractivity contribution is 6.04. The highest BCUT2D eigenvalue weighted by Crippen LogP contribution is 2.21. The molecule has 3 rings (SSSR count). The summed E-state index contributed by atoms with van der Waals surface area (Å²) in [6, 6.07) is 8.67. The number of fused-ring (bicyclic) bond motifs is 1. The molecule has 0 fully saturated rings. The number of rotatable bonds is 4. The third kappa shape index (κ3) is 2.37. The molecule has 0 radical (unpaired) electrons. The van der Waals surface area contributed by atoms with E-state index in [9.17, 15) is 4.39 Å². The zero-order valence-corrected chi connectivity index (χ0v) is 11.9. The molecule has 22 heavy (non-hydrogen) atoms. The Labute approximate surface area is 125 Å². The molecule has 112 valence electrons. The molecule has 0 aliphatic rings. The predicted octanol–water partition coefficient (Wildman–Crippen LogP) is 1.91. The first-order valence-corrected chi connectivity index (χ1v) is 6.58. The van der Waals surface area contributed by atoms with Crippen LogP contribution in [0.2, 0.25) is 0 Å². The second-order valence-corrected chi connectivity index (χ2v) is 4.76. The number of nitrogens with one attached hydrogen (secondary N) is 1. The Kier molecular flexibility index (Phi) is 3.46. The van der Waals surface area contributed by atoms with E-state index in [1.54, 1.807) is 7.11 Å². The summed E-state index contributed by atoms with van der Waals surface area (Å²) in [6.07, 6.45) is 1.37. The van der Waals surface area contributed by atoms with Crippen LogP contribution in [-0.4, -0.2) is 27.7 Å². The minimum atomic E-state index is -0.490. The number of ether oxygens (including phenoxy) is 1. The van der Waals surface area contributed by atoms with Crippen LogP contribution in [0.3, 0.4) is 0 Å². The minimum Gasteiger partial charge on any atom is -0.497 e. The molecule has 3 aromatic rings. The normalized spacial score (nSPS) is 10.8. The summed E-state index contributed by atoms with van der Waals surface area (Å²) >= 11 is 0. The van der Waals surface area contributed by atoms with E-state index in [4.69, 9.17) is 15.9 Å². The fraction of sp³-hybridized carbons (Fsp3) is 0.133. The first kappa shape index (κ1) is 14.0. The molecular formula is C15H14FN5O. The van der Waals surface area contributed by atoms with Gasteiger partial charge >= 0.3 is 0 Å². The van der Waals surface area contributed by atoms with Gasteiger partial charge in [0.05, 0.1) is 19.0 Å². The molecule has 0 spiro atoms. The van der Waals surface area contributed by atoms with Crippen molar-refractivity contribution in [3.63, 3.8) is 0 Å². The number of pyridine rings is 1. The van der Waals surface area contributed by atoms with Crippen molar-refractivity contribution in [3.05, 3.63) is 53.6 Å². The van der Waals surface area contributed by atoms with Crippen molar-refractivity contribution in [2.75, 3.05) is 7.11 Å². The van der Waals surface area contributed by atoms with E-state index in [1.165, 1.54) is 16.9 Å². The van der Waals surface area contributed by atoms with Gasteiger partial charge < -0.3 is 10.5 Å². The molecule has 0 aliphatic heterocycles. The lowest BCUT2D eigenvalue weighted by atomic mass is 10.2. The molecule has 3 N–H and O–H groups in total. The SMILES string of the molecule is COc1ccc(Cn2nc(C(=N)N)c3c(F)ccnc32)cc1. The molecule has 0 bridgehead atoms. The van der Waals surface area contributed by atoms with Gasteiger partial charge in [0.1, 0.15) is 23.1 Å². The fourth-order valence-electron chi connectivity index (χ4n) is 2.26. The van der Waals surface area contributed by atoms with Crippen LogP contribution >= 0.6 is 0 Å². The van der Waals surface area contributed by atoms with Gasteiger partial charge in [-0.1, -0.05) is 12.1 Å². The summed E-state index contributed by atoms with van der Waals surface area (Å²) in [5, 5.41) is 11.9. The maximum absolute atomic E-state index is 14.0. The fourth-order valence-corrected chi connectivity index (χ4v) is 2.26. The summed E-state index contributed by atoms with van der Waals surface area (Å²) in [4.78, 5) is 4.16. The Morgan fingerprint density at radius 3 is 2.68 bits per heavy atom. The van der Waals surface area contributed by atoms with Crippen molar-refractivity contribution in [3.8, 4) is 5.75 Å². The maximum atomic E-state index is 14.0. The number of nitrogens with zero attached hydrogens (tertiary/aromatic N) is 3. The Bertz CT molecular complexity index is 841. The molecule has 2 aromatic heterocycles. The van der Waals surface area contributed by atoms with Gasteiger partial charge in [-0.2, -0.15) is 5.10 Å². The largest absolute Gasteiger partial charge is 0.497 e. The van der Waals surface area contributed by atoms with Crippen molar-refractivity contribution < 1.29 is 9.13 Å². The van der Waals surface area contributed by atoms with Gasteiger partial charge in [-0.3, -0.25) is 5.41 Å². The van der Waals surface area contributed by atoms with Crippen LogP contribution in [0.25, 0.3) is 11.0 Å². The van der Waals surface area contributed by atoms with Gasteiger partial charge in [-0.25, -0.2) is 14.1 Å². The number of nitrogens with two attached hydrogens (primary N) is 1. The number of hydrogen-bond acceptors (Lipinski definition) is 4. The molecule has 0 saturated carbocycles. The van der Waals surface area contributed by atoms with E-state index in [2.05, 4.69) is 10.1 Å². The van der Waals surface area contributed by atoms with Crippen LogP contribution in [0.15, 0.2) is 36.5 Å². The predicted molar refractivity (Wildman–Crippen MR) is 80.6 cm³/mol. The van der Waals surface area contributed by atoms with E-state index in [0.717, 1.165) is 11.3 Å². The number of aromatic nitrogens is 3. The van der Waals surface area contributed by atoms with Crippen LogP contribution < -0.4 is 10.5 Å². The van der Waals surface area contributed by atoms with Gasteiger partial charge in [-0.05, 0) is 23.8 Å². The Morgan fingerprint density at radius 1 is 1.32 bits per heavy atom. The third-order valence-electron chi connectivity index (χ3n) is 3.33. The standard InChI is InChI=1S/C15H14FN5O/c1-22-10-4-2-9(3-5-10)8-21-15-12(11(16)6-7-19-15)13(20-21)14(17)18/h2-7H,8H2,1H3,(H3,17,18). The summed E-state index contributed by atoms with van der Waals surface area (Å²) in [5.74, 6) is -0.0239. The van der Waals surface area contributed by atoms with Crippen molar-refractivity contribution in [2.24, 2.45) is 5.73 Å². The quantitative estimate of drug-likeness (QED) is 0.569. The van der Waals surface area contributed by atoms with Crippen LogP contribution in [0.4, 0.5) is 4.39 Å². The molecule has 1 aromatic carbocycles. The Morgan fingerprint density at radius 2 is 2.05 bits per heavy atom. The Balaban J connectivity index is 2.06. The van der Waals surface area contributed by atoms with Gasteiger partial charge in [0.15, 0.2) is 5.65 Å². The van der Waals surface area contributed by atoms with E-state index >= 15 is 0 Å². The van der Waals surface area contributed by atoms with Crippen LogP contribution in [0, 0.1) is 11.2 Å².